The summed E-state index contributed by atoms with van der Waals surface area (Å²) in [6.07, 6.45) is 1.77. The Kier molecular flexibility index (Phi) is 5.49. The van der Waals surface area contributed by atoms with Crippen LogP contribution >= 0.6 is 23.2 Å². The summed E-state index contributed by atoms with van der Waals surface area (Å²) < 4.78 is 5.60. The Hall–Kier alpha value is -1.37. The van der Waals surface area contributed by atoms with Crippen molar-refractivity contribution in [1.82, 2.24) is 5.32 Å². The van der Waals surface area contributed by atoms with Crippen LogP contribution in [0, 0.1) is 16.0 Å². The van der Waals surface area contributed by atoms with E-state index >= 15 is 0 Å². The number of nitrogens with one attached hydrogen (secondary N) is 1. The van der Waals surface area contributed by atoms with Crippen molar-refractivity contribution in [2.45, 2.75) is 32.3 Å². The number of nitro groups is 1. The quantitative estimate of drug-likeness (QED) is 0.501. The van der Waals surface area contributed by atoms with Crippen molar-refractivity contribution in [1.29, 1.82) is 0 Å². The van der Waals surface area contributed by atoms with Crippen molar-refractivity contribution in [2.24, 2.45) is 5.92 Å². The van der Waals surface area contributed by atoms with E-state index in [4.69, 9.17) is 27.9 Å². The zero-order valence-corrected chi connectivity index (χ0v) is 14.4. The van der Waals surface area contributed by atoms with E-state index in [1.807, 2.05) is 13.8 Å². The molecule has 0 aromatic heterocycles. The summed E-state index contributed by atoms with van der Waals surface area (Å²) in [6, 6.07) is 2.44. The first-order valence-electron chi connectivity index (χ1n) is 7.30. The third-order valence-corrected chi connectivity index (χ3v) is 4.85. The molecule has 8 heteroatoms. The van der Waals surface area contributed by atoms with Crippen LogP contribution in [0.5, 0.6) is 0 Å². The summed E-state index contributed by atoms with van der Waals surface area (Å²) >= 11 is 12.0. The number of hydrogen-bond donors (Lipinski definition) is 1. The first-order chi connectivity index (χ1) is 10.7. The number of piperidine rings is 1. The fourth-order valence-corrected chi connectivity index (χ4v) is 3.35. The lowest BCUT2D eigenvalue weighted by Crippen LogP contribution is -2.42. The number of nitro benzene ring substituents is 1. The van der Waals surface area contributed by atoms with Gasteiger partial charge in [0.2, 0.25) is 0 Å². The molecule has 0 aliphatic carbocycles. The molecule has 1 saturated heterocycles. The maximum absolute atomic E-state index is 12.5. The fourth-order valence-electron chi connectivity index (χ4n) is 2.76. The molecule has 0 spiro atoms. The molecule has 126 valence electrons. The van der Waals surface area contributed by atoms with Crippen molar-refractivity contribution in [3.05, 3.63) is 37.9 Å². The minimum absolute atomic E-state index is 0.0340. The average Bonchev–Trinajstić information content (AvgIpc) is 2.47. The highest BCUT2D eigenvalue weighted by molar-refractivity contribution is 6.40. The van der Waals surface area contributed by atoms with Crippen LogP contribution in [0.2, 0.25) is 10.0 Å². The van der Waals surface area contributed by atoms with Crippen LogP contribution in [0.4, 0.5) is 5.69 Å². The smallest absolute Gasteiger partial charge is 0.341 e. The van der Waals surface area contributed by atoms with Crippen molar-refractivity contribution in [2.75, 3.05) is 13.1 Å². The van der Waals surface area contributed by atoms with E-state index in [0.717, 1.165) is 25.9 Å². The van der Waals surface area contributed by atoms with Crippen LogP contribution in [0.3, 0.4) is 0 Å². The SMILES string of the molecule is CC(C)(OC(=O)c1c(Cl)ccc([N+](=O)[O-])c1Cl)C1CCNCC1. The van der Waals surface area contributed by atoms with E-state index in [1.54, 1.807) is 0 Å². The van der Waals surface area contributed by atoms with Crippen molar-refractivity contribution in [3.8, 4) is 0 Å². The van der Waals surface area contributed by atoms with E-state index in [1.165, 1.54) is 12.1 Å². The number of hydrogen-bond acceptors (Lipinski definition) is 5. The molecule has 23 heavy (non-hydrogen) atoms. The van der Waals surface area contributed by atoms with E-state index in [2.05, 4.69) is 5.32 Å². The molecule has 1 N–H and O–H groups in total. The van der Waals surface area contributed by atoms with Gasteiger partial charge in [-0.05, 0) is 45.8 Å². The molecule has 6 nitrogen and oxygen atoms in total. The molecule has 1 aromatic carbocycles. The minimum atomic E-state index is -0.743. The van der Waals surface area contributed by atoms with Gasteiger partial charge in [-0.15, -0.1) is 0 Å². The van der Waals surface area contributed by atoms with Crippen LogP contribution in [0.1, 0.15) is 37.0 Å². The summed E-state index contributed by atoms with van der Waals surface area (Å²) in [4.78, 5) is 22.8. The van der Waals surface area contributed by atoms with Crippen molar-refractivity contribution < 1.29 is 14.5 Å². The van der Waals surface area contributed by atoms with Gasteiger partial charge >= 0.3 is 5.97 Å². The first kappa shape index (κ1) is 18.0. The predicted octanol–water partition coefficient (Wildman–Crippen LogP) is 3.84. The summed E-state index contributed by atoms with van der Waals surface area (Å²) in [5.74, 6) is -0.545. The second kappa shape index (κ2) is 7.03. The molecule has 0 atom stereocenters. The molecule has 1 aliphatic heterocycles. The monoisotopic (exact) mass is 360 g/mol. The number of esters is 1. The maximum atomic E-state index is 12.5. The lowest BCUT2D eigenvalue weighted by atomic mass is 9.83. The molecule has 1 heterocycles. The highest BCUT2D eigenvalue weighted by atomic mass is 35.5. The number of carbonyl (C=O) groups is 1. The lowest BCUT2D eigenvalue weighted by molar-refractivity contribution is -0.384. The zero-order chi connectivity index (χ0) is 17.2. The third-order valence-electron chi connectivity index (χ3n) is 4.15. The van der Waals surface area contributed by atoms with Gasteiger partial charge < -0.3 is 10.1 Å². The Morgan fingerprint density at radius 2 is 1.96 bits per heavy atom. The van der Waals surface area contributed by atoms with Crippen LogP contribution in [0.25, 0.3) is 0 Å². The molecule has 1 aliphatic rings. The second-order valence-electron chi connectivity index (χ2n) is 6.03. The van der Waals surface area contributed by atoms with E-state index in [0.29, 0.717) is 0 Å². The number of rotatable bonds is 4. The fraction of sp³-hybridized carbons (Fsp3) is 0.533. The molecule has 0 unspecified atom stereocenters. The standard InChI is InChI=1S/C15H18Cl2N2O4/c1-15(2,9-5-7-18-8-6-9)23-14(20)12-10(16)3-4-11(13(12)17)19(21)22/h3-4,9,18H,5-8H2,1-2H3. The molecule has 0 amide bonds. The third kappa shape index (κ3) is 3.94. The van der Waals surface area contributed by atoms with E-state index in [-0.39, 0.29) is 27.2 Å². The van der Waals surface area contributed by atoms with Gasteiger partial charge in [0.05, 0.1) is 9.95 Å². The first-order valence-corrected chi connectivity index (χ1v) is 8.06. The Labute approximate surface area is 144 Å². The lowest BCUT2D eigenvalue weighted by Gasteiger charge is -2.36. The van der Waals surface area contributed by atoms with E-state index in [9.17, 15) is 14.9 Å². The summed E-state index contributed by atoms with van der Waals surface area (Å²) in [6.45, 7) is 5.40. The number of ether oxygens (including phenoxy) is 1. The van der Waals surface area contributed by atoms with Gasteiger partial charge in [0.15, 0.2) is 0 Å². The average molecular weight is 361 g/mol. The molecule has 0 saturated carbocycles. The number of halogens is 2. The zero-order valence-electron chi connectivity index (χ0n) is 12.9. The van der Waals surface area contributed by atoms with Gasteiger partial charge in [-0.2, -0.15) is 0 Å². The van der Waals surface area contributed by atoms with Crippen LogP contribution in [0.15, 0.2) is 12.1 Å². The molecule has 1 aromatic rings. The van der Waals surface area contributed by atoms with Gasteiger partial charge in [0.1, 0.15) is 16.2 Å². The number of nitrogens with zero attached hydrogens (tertiary/aromatic N) is 1. The highest BCUT2D eigenvalue weighted by Gasteiger charge is 2.36. The van der Waals surface area contributed by atoms with Crippen LogP contribution < -0.4 is 5.32 Å². The normalized spacial score (nSPS) is 16.2. The Bertz CT molecular complexity index is 628. The summed E-state index contributed by atoms with van der Waals surface area (Å²) in [5.41, 5.74) is -1.25. The largest absolute Gasteiger partial charge is 0.456 e. The van der Waals surface area contributed by atoms with Gasteiger partial charge in [0, 0.05) is 12.0 Å². The van der Waals surface area contributed by atoms with Crippen molar-refractivity contribution in [3.63, 3.8) is 0 Å². The van der Waals surface area contributed by atoms with Gasteiger partial charge in [0.25, 0.3) is 5.69 Å². The van der Waals surface area contributed by atoms with Crippen LogP contribution in [-0.2, 0) is 4.74 Å². The topological polar surface area (TPSA) is 81.5 Å². The molecule has 1 fully saturated rings. The van der Waals surface area contributed by atoms with Gasteiger partial charge in [-0.25, -0.2) is 4.79 Å². The molecule has 0 radical (unpaired) electrons. The Balaban J connectivity index is 2.26. The van der Waals surface area contributed by atoms with Gasteiger partial charge in [-0.1, -0.05) is 23.2 Å². The molecule has 2 rings (SSSR count). The van der Waals surface area contributed by atoms with Crippen molar-refractivity contribution >= 4 is 34.9 Å². The predicted molar refractivity (Wildman–Crippen MR) is 88.2 cm³/mol. The molecular formula is C15H18Cl2N2O4. The second-order valence-corrected chi connectivity index (χ2v) is 6.82. The molecular weight excluding hydrogens is 343 g/mol. The Morgan fingerprint density at radius 1 is 1.35 bits per heavy atom. The molecule has 0 bridgehead atoms. The van der Waals surface area contributed by atoms with Crippen LogP contribution in [-0.4, -0.2) is 29.6 Å². The summed E-state index contributed by atoms with van der Waals surface area (Å²) in [7, 11) is 0. The Morgan fingerprint density at radius 3 is 2.52 bits per heavy atom. The number of carbonyl (C=O) groups excluding carboxylic acids is 1. The van der Waals surface area contributed by atoms with E-state index < -0.39 is 16.5 Å². The van der Waals surface area contributed by atoms with Gasteiger partial charge in [-0.3, -0.25) is 10.1 Å². The minimum Gasteiger partial charge on any atom is -0.456 e. The number of benzene rings is 1. The maximum Gasteiger partial charge on any atom is 0.341 e. The highest BCUT2D eigenvalue weighted by Crippen LogP contribution is 2.36. The summed E-state index contributed by atoms with van der Waals surface area (Å²) in [5, 5.41) is 13.9.